The molecule has 1 rings (SSSR count). The SMILES string of the molecule is Cc1nc(CCl)cc(C#N)c1C(F)F. The van der Waals surface area contributed by atoms with Crippen molar-refractivity contribution in [1.82, 2.24) is 4.98 Å². The predicted octanol–water partition coefficient (Wildman–Crippen LogP) is 2.94. The second kappa shape index (κ2) is 4.34. The Morgan fingerprint density at radius 1 is 1.64 bits per heavy atom. The van der Waals surface area contributed by atoms with Crippen LogP contribution in [-0.2, 0) is 5.88 Å². The number of halogens is 3. The van der Waals surface area contributed by atoms with Crippen LogP contribution < -0.4 is 0 Å². The second-order valence-corrected chi connectivity index (χ2v) is 2.97. The van der Waals surface area contributed by atoms with Crippen LogP contribution in [0.5, 0.6) is 0 Å². The zero-order valence-electron chi connectivity index (χ0n) is 7.39. The topological polar surface area (TPSA) is 36.7 Å². The van der Waals surface area contributed by atoms with E-state index >= 15 is 0 Å². The maximum atomic E-state index is 12.5. The lowest BCUT2D eigenvalue weighted by atomic mass is 10.1. The summed E-state index contributed by atoms with van der Waals surface area (Å²) in [5.41, 5.74) is 0.240. The molecule has 14 heavy (non-hydrogen) atoms. The van der Waals surface area contributed by atoms with Gasteiger partial charge < -0.3 is 0 Å². The highest BCUT2D eigenvalue weighted by Gasteiger charge is 2.17. The maximum Gasteiger partial charge on any atom is 0.266 e. The number of hydrogen-bond donors (Lipinski definition) is 0. The van der Waals surface area contributed by atoms with Gasteiger partial charge in [-0.25, -0.2) is 8.78 Å². The van der Waals surface area contributed by atoms with E-state index in [1.165, 1.54) is 13.0 Å². The fourth-order valence-corrected chi connectivity index (χ4v) is 1.32. The monoisotopic (exact) mass is 216 g/mol. The number of nitrogens with zero attached hydrogens (tertiary/aromatic N) is 2. The fourth-order valence-electron chi connectivity index (χ4n) is 1.18. The van der Waals surface area contributed by atoms with Crippen LogP contribution in [0.4, 0.5) is 8.78 Å². The van der Waals surface area contributed by atoms with E-state index < -0.39 is 6.43 Å². The Balaban J connectivity index is 3.37. The van der Waals surface area contributed by atoms with E-state index in [4.69, 9.17) is 16.9 Å². The zero-order chi connectivity index (χ0) is 10.7. The molecule has 0 bridgehead atoms. The standard InChI is InChI=1S/C9H7ClF2N2/c1-5-8(9(11)12)6(4-13)2-7(3-10)14-5/h2,9H,3H2,1H3. The second-order valence-electron chi connectivity index (χ2n) is 2.71. The summed E-state index contributed by atoms with van der Waals surface area (Å²) in [6.45, 7) is 1.44. The molecule has 1 aromatic heterocycles. The van der Waals surface area contributed by atoms with Gasteiger partial charge in [0.15, 0.2) is 0 Å². The van der Waals surface area contributed by atoms with E-state index in [1.54, 1.807) is 6.07 Å². The average Bonchev–Trinajstić information content (AvgIpc) is 2.15. The number of nitriles is 1. The van der Waals surface area contributed by atoms with Gasteiger partial charge in [-0.05, 0) is 13.0 Å². The number of aromatic nitrogens is 1. The van der Waals surface area contributed by atoms with E-state index in [0.717, 1.165) is 0 Å². The lowest BCUT2D eigenvalue weighted by Gasteiger charge is -2.07. The van der Waals surface area contributed by atoms with Gasteiger partial charge in [-0.2, -0.15) is 5.26 Å². The van der Waals surface area contributed by atoms with Gasteiger partial charge in [0.25, 0.3) is 6.43 Å². The molecule has 1 aromatic rings. The molecule has 0 aliphatic carbocycles. The van der Waals surface area contributed by atoms with Gasteiger partial charge in [0, 0.05) is 5.69 Å². The van der Waals surface area contributed by atoms with Crippen molar-refractivity contribution in [3.63, 3.8) is 0 Å². The average molecular weight is 217 g/mol. The Morgan fingerprint density at radius 2 is 2.29 bits per heavy atom. The van der Waals surface area contributed by atoms with Crippen molar-refractivity contribution in [2.24, 2.45) is 0 Å². The fraction of sp³-hybridized carbons (Fsp3) is 0.333. The van der Waals surface area contributed by atoms with Crippen molar-refractivity contribution in [2.75, 3.05) is 0 Å². The van der Waals surface area contributed by atoms with Crippen LogP contribution in [0.25, 0.3) is 0 Å². The highest BCUT2D eigenvalue weighted by molar-refractivity contribution is 6.16. The third-order valence-electron chi connectivity index (χ3n) is 1.78. The van der Waals surface area contributed by atoms with Gasteiger partial charge in [0.1, 0.15) is 0 Å². The molecule has 74 valence electrons. The molecule has 0 spiro atoms. The summed E-state index contributed by atoms with van der Waals surface area (Å²) in [4.78, 5) is 3.86. The van der Waals surface area contributed by atoms with Crippen molar-refractivity contribution >= 4 is 11.6 Å². The molecule has 5 heteroatoms. The minimum atomic E-state index is -2.68. The molecule has 0 amide bonds. The summed E-state index contributed by atoms with van der Waals surface area (Å²) < 4.78 is 25.0. The van der Waals surface area contributed by atoms with E-state index in [2.05, 4.69) is 4.98 Å². The highest BCUT2D eigenvalue weighted by Crippen LogP contribution is 2.25. The van der Waals surface area contributed by atoms with Crippen LogP contribution in [-0.4, -0.2) is 4.98 Å². The van der Waals surface area contributed by atoms with E-state index in [1.807, 2.05) is 0 Å². The van der Waals surface area contributed by atoms with Crippen LogP contribution in [0.3, 0.4) is 0 Å². The zero-order valence-corrected chi connectivity index (χ0v) is 8.15. The quantitative estimate of drug-likeness (QED) is 0.713. The molecule has 0 aliphatic heterocycles. The summed E-state index contributed by atoms with van der Waals surface area (Å²) in [5, 5.41) is 8.66. The third-order valence-corrected chi connectivity index (χ3v) is 2.05. The molecular formula is C9H7ClF2N2. The van der Waals surface area contributed by atoms with Crippen molar-refractivity contribution in [2.45, 2.75) is 19.2 Å². The summed E-state index contributed by atoms with van der Waals surface area (Å²) in [5.74, 6) is 0.110. The van der Waals surface area contributed by atoms with Crippen LogP contribution in [0.1, 0.15) is 28.9 Å². The number of pyridine rings is 1. The molecule has 0 aliphatic rings. The Bertz CT molecular complexity index is 385. The first-order valence-corrected chi connectivity index (χ1v) is 4.38. The first-order chi connectivity index (χ1) is 6.60. The molecule has 1 heterocycles. The molecule has 2 nitrogen and oxygen atoms in total. The predicted molar refractivity (Wildman–Crippen MR) is 48.2 cm³/mol. The molecule has 0 saturated heterocycles. The van der Waals surface area contributed by atoms with Gasteiger partial charge in [0.2, 0.25) is 0 Å². The van der Waals surface area contributed by atoms with Crippen molar-refractivity contribution in [3.05, 3.63) is 28.6 Å². The number of aryl methyl sites for hydroxylation is 1. The largest absolute Gasteiger partial charge is 0.266 e. The highest BCUT2D eigenvalue weighted by atomic mass is 35.5. The minimum absolute atomic E-state index is 0.0526. The first-order valence-electron chi connectivity index (χ1n) is 3.84. The lowest BCUT2D eigenvalue weighted by Crippen LogP contribution is -2.00. The normalized spacial score (nSPS) is 10.3. The Hall–Kier alpha value is -1.21. The Labute approximate surface area is 85.1 Å². The molecule has 0 aromatic carbocycles. The number of rotatable bonds is 2. The van der Waals surface area contributed by atoms with Gasteiger partial charge in [0.05, 0.1) is 28.8 Å². The Morgan fingerprint density at radius 3 is 2.71 bits per heavy atom. The molecule has 0 N–H and O–H groups in total. The first kappa shape index (κ1) is 10.9. The number of alkyl halides is 3. The smallest absolute Gasteiger partial charge is 0.256 e. The van der Waals surface area contributed by atoms with Gasteiger partial charge in [-0.15, -0.1) is 11.6 Å². The minimum Gasteiger partial charge on any atom is -0.256 e. The molecular weight excluding hydrogens is 210 g/mol. The maximum absolute atomic E-state index is 12.5. The summed E-state index contributed by atoms with van der Waals surface area (Å²) >= 11 is 5.50. The lowest BCUT2D eigenvalue weighted by molar-refractivity contribution is 0.149. The summed E-state index contributed by atoms with van der Waals surface area (Å²) in [6.07, 6.45) is -2.68. The molecule has 0 saturated carbocycles. The molecule has 0 fully saturated rings. The van der Waals surface area contributed by atoms with E-state index in [-0.39, 0.29) is 22.7 Å². The van der Waals surface area contributed by atoms with Crippen LogP contribution >= 0.6 is 11.6 Å². The van der Waals surface area contributed by atoms with Crippen LogP contribution in [0, 0.1) is 18.3 Å². The van der Waals surface area contributed by atoms with Gasteiger partial charge >= 0.3 is 0 Å². The third kappa shape index (κ3) is 1.99. The molecule has 0 radical (unpaired) electrons. The van der Waals surface area contributed by atoms with Crippen molar-refractivity contribution < 1.29 is 8.78 Å². The summed E-state index contributed by atoms with van der Waals surface area (Å²) in [6, 6.07) is 3.01. The molecule has 0 unspecified atom stereocenters. The van der Waals surface area contributed by atoms with Crippen molar-refractivity contribution in [1.29, 1.82) is 5.26 Å². The molecule has 0 atom stereocenters. The number of hydrogen-bond acceptors (Lipinski definition) is 2. The van der Waals surface area contributed by atoms with E-state index in [0.29, 0.717) is 5.69 Å². The summed E-state index contributed by atoms with van der Waals surface area (Å²) in [7, 11) is 0. The Kier molecular flexibility index (Phi) is 3.37. The van der Waals surface area contributed by atoms with Crippen LogP contribution in [0.15, 0.2) is 6.07 Å². The van der Waals surface area contributed by atoms with Crippen molar-refractivity contribution in [3.8, 4) is 6.07 Å². The van der Waals surface area contributed by atoms with E-state index in [9.17, 15) is 8.78 Å². The van der Waals surface area contributed by atoms with Gasteiger partial charge in [-0.1, -0.05) is 0 Å². The van der Waals surface area contributed by atoms with Crippen LogP contribution in [0.2, 0.25) is 0 Å². The van der Waals surface area contributed by atoms with Gasteiger partial charge in [-0.3, -0.25) is 4.98 Å².